The standard InChI is InChI=1S/C23H23N3O2/c1-17-9-5-7-13-20(17)26-22(27)16-24-21-14-8-6-12-19(21)23(28)25-15-18-10-3-2-4-11-18/h2-14,24H,15-16H2,1H3,(H,25,28)(H,26,27). The Morgan fingerprint density at radius 3 is 2.18 bits per heavy atom. The molecule has 5 nitrogen and oxygen atoms in total. The molecule has 3 N–H and O–H groups in total. The summed E-state index contributed by atoms with van der Waals surface area (Å²) in [4.78, 5) is 24.8. The second-order valence-electron chi connectivity index (χ2n) is 6.43. The highest BCUT2D eigenvalue weighted by atomic mass is 16.2. The number of rotatable bonds is 7. The number of anilines is 2. The lowest BCUT2D eigenvalue weighted by Crippen LogP contribution is -2.26. The Morgan fingerprint density at radius 1 is 0.786 bits per heavy atom. The van der Waals surface area contributed by atoms with Crippen molar-refractivity contribution >= 4 is 23.2 Å². The highest BCUT2D eigenvalue weighted by Crippen LogP contribution is 2.16. The molecular weight excluding hydrogens is 350 g/mol. The Labute approximate surface area is 164 Å². The molecule has 3 rings (SSSR count). The van der Waals surface area contributed by atoms with Gasteiger partial charge in [0.1, 0.15) is 0 Å². The molecule has 142 valence electrons. The minimum atomic E-state index is -0.189. The van der Waals surface area contributed by atoms with Crippen molar-refractivity contribution in [3.63, 3.8) is 0 Å². The molecule has 0 aromatic heterocycles. The first-order chi connectivity index (χ1) is 13.6. The van der Waals surface area contributed by atoms with Gasteiger partial charge in [-0.1, -0.05) is 60.7 Å². The number of amides is 2. The number of nitrogens with one attached hydrogen (secondary N) is 3. The maximum absolute atomic E-state index is 12.6. The average Bonchev–Trinajstić information content (AvgIpc) is 2.73. The maximum Gasteiger partial charge on any atom is 0.253 e. The van der Waals surface area contributed by atoms with Crippen molar-refractivity contribution in [2.45, 2.75) is 13.5 Å². The van der Waals surface area contributed by atoms with Gasteiger partial charge in [0, 0.05) is 17.9 Å². The van der Waals surface area contributed by atoms with E-state index in [1.54, 1.807) is 18.2 Å². The molecule has 0 atom stereocenters. The van der Waals surface area contributed by atoms with Crippen molar-refractivity contribution < 1.29 is 9.59 Å². The van der Waals surface area contributed by atoms with E-state index < -0.39 is 0 Å². The van der Waals surface area contributed by atoms with Crippen LogP contribution in [-0.4, -0.2) is 18.4 Å². The van der Waals surface area contributed by atoms with Crippen molar-refractivity contribution in [1.29, 1.82) is 0 Å². The van der Waals surface area contributed by atoms with E-state index in [1.807, 2.05) is 67.6 Å². The zero-order chi connectivity index (χ0) is 19.8. The van der Waals surface area contributed by atoms with Gasteiger partial charge in [-0.15, -0.1) is 0 Å². The smallest absolute Gasteiger partial charge is 0.253 e. The molecule has 5 heteroatoms. The summed E-state index contributed by atoms with van der Waals surface area (Å²) in [6.07, 6.45) is 0. The molecule has 0 unspecified atom stereocenters. The Morgan fingerprint density at radius 2 is 1.43 bits per heavy atom. The van der Waals surface area contributed by atoms with Gasteiger partial charge < -0.3 is 16.0 Å². The van der Waals surface area contributed by atoms with Gasteiger partial charge in [0.05, 0.1) is 12.1 Å². The summed E-state index contributed by atoms with van der Waals surface area (Å²) in [5.41, 5.74) is 3.92. The van der Waals surface area contributed by atoms with Crippen LogP contribution in [0.15, 0.2) is 78.9 Å². The summed E-state index contributed by atoms with van der Waals surface area (Å²) in [7, 11) is 0. The molecule has 0 bridgehead atoms. The van der Waals surface area contributed by atoms with Gasteiger partial charge in [-0.25, -0.2) is 0 Å². The monoisotopic (exact) mass is 373 g/mol. The fraction of sp³-hybridized carbons (Fsp3) is 0.130. The molecular formula is C23H23N3O2. The number of benzene rings is 3. The Balaban J connectivity index is 1.59. The van der Waals surface area contributed by atoms with Gasteiger partial charge in [0.15, 0.2) is 0 Å². The lowest BCUT2D eigenvalue weighted by molar-refractivity contribution is -0.114. The highest BCUT2D eigenvalue weighted by molar-refractivity contribution is 6.01. The molecule has 0 radical (unpaired) electrons. The van der Waals surface area contributed by atoms with E-state index in [9.17, 15) is 9.59 Å². The zero-order valence-electron chi connectivity index (χ0n) is 15.7. The van der Waals surface area contributed by atoms with Crippen LogP contribution in [0.2, 0.25) is 0 Å². The number of hydrogen-bond donors (Lipinski definition) is 3. The summed E-state index contributed by atoms with van der Waals surface area (Å²) in [5, 5.41) is 8.84. The van der Waals surface area contributed by atoms with Crippen molar-refractivity contribution in [1.82, 2.24) is 5.32 Å². The third-order valence-electron chi connectivity index (χ3n) is 4.33. The molecule has 3 aromatic carbocycles. The van der Waals surface area contributed by atoms with E-state index in [4.69, 9.17) is 0 Å². The van der Waals surface area contributed by atoms with Crippen LogP contribution < -0.4 is 16.0 Å². The predicted octanol–water partition coefficient (Wildman–Crippen LogP) is 3.98. The lowest BCUT2D eigenvalue weighted by Gasteiger charge is -2.13. The number of carbonyl (C=O) groups is 2. The summed E-state index contributed by atoms with van der Waals surface area (Å²) >= 11 is 0. The second-order valence-corrected chi connectivity index (χ2v) is 6.43. The van der Waals surface area contributed by atoms with Crippen LogP contribution in [0.1, 0.15) is 21.5 Å². The Hall–Kier alpha value is -3.60. The lowest BCUT2D eigenvalue weighted by atomic mass is 10.1. The van der Waals surface area contributed by atoms with Gasteiger partial charge in [-0.3, -0.25) is 9.59 Å². The van der Waals surface area contributed by atoms with E-state index in [2.05, 4.69) is 16.0 Å². The van der Waals surface area contributed by atoms with E-state index in [1.165, 1.54) is 0 Å². The minimum Gasteiger partial charge on any atom is -0.376 e. The van der Waals surface area contributed by atoms with Crippen LogP contribution in [0.25, 0.3) is 0 Å². The molecule has 0 aliphatic carbocycles. The molecule has 0 heterocycles. The number of hydrogen-bond acceptors (Lipinski definition) is 3. The first-order valence-electron chi connectivity index (χ1n) is 9.14. The highest BCUT2D eigenvalue weighted by Gasteiger charge is 2.12. The van der Waals surface area contributed by atoms with Gasteiger partial charge in [-0.2, -0.15) is 0 Å². The SMILES string of the molecule is Cc1ccccc1NC(=O)CNc1ccccc1C(=O)NCc1ccccc1. The summed E-state index contributed by atoms with van der Waals surface area (Å²) < 4.78 is 0. The predicted molar refractivity (Wildman–Crippen MR) is 112 cm³/mol. The largest absolute Gasteiger partial charge is 0.376 e. The van der Waals surface area contributed by atoms with Crippen molar-refractivity contribution in [2.24, 2.45) is 0 Å². The zero-order valence-corrected chi connectivity index (χ0v) is 15.7. The molecule has 0 saturated carbocycles. The molecule has 0 aliphatic heterocycles. The van der Waals surface area contributed by atoms with Crippen LogP contribution in [0.5, 0.6) is 0 Å². The molecule has 0 aliphatic rings. The van der Waals surface area contributed by atoms with Gasteiger partial charge in [-0.05, 0) is 36.2 Å². The third kappa shape index (κ3) is 5.20. The first kappa shape index (κ1) is 19.2. The van der Waals surface area contributed by atoms with Crippen LogP contribution >= 0.6 is 0 Å². The van der Waals surface area contributed by atoms with Crippen molar-refractivity contribution in [3.05, 3.63) is 95.6 Å². The molecule has 0 saturated heterocycles. The molecule has 0 fully saturated rings. The normalized spacial score (nSPS) is 10.2. The Bertz CT molecular complexity index is 955. The van der Waals surface area contributed by atoms with Gasteiger partial charge in [0.25, 0.3) is 5.91 Å². The van der Waals surface area contributed by atoms with Crippen LogP contribution in [0.4, 0.5) is 11.4 Å². The van der Waals surface area contributed by atoms with Gasteiger partial charge >= 0.3 is 0 Å². The average molecular weight is 373 g/mol. The van der Waals surface area contributed by atoms with Crippen LogP contribution in [0.3, 0.4) is 0 Å². The number of carbonyl (C=O) groups excluding carboxylic acids is 2. The second kappa shape index (κ2) is 9.37. The summed E-state index contributed by atoms with van der Waals surface area (Å²) in [5.74, 6) is -0.361. The summed E-state index contributed by atoms with van der Waals surface area (Å²) in [6, 6.07) is 24.5. The van der Waals surface area contributed by atoms with Gasteiger partial charge in [0.2, 0.25) is 5.91 Å². The quantitative estimate of drug-likeness (QED) is 0.587. The number of aryl methyl sites for hydroxylation is 1. The molecule has 3 aromatic rings. The van der Waals surface area contributed by atoms with Crippen molar-refractivity contribution in [2.75, 3.05) is 17.2 Å². The molecule has 2 amide bonds. The number of para-hydroxylation sites is 2. The first-order valence-corrected chi connectivity index (χ1v) is 9.14. The van der Waals surface area contributed by atoms with E-state index in [0.717, 1.165) is 16.8 Å². The van der Waals surface area contributed by atoms with Crippen LogP contribution in [0, 0.1) is 6.92 Å². The topological polar surface area (TPSA) is 70.2 Å². The molecule has 28 heavy (non-hydrogen) atoms. The van der Waals surface area contributed by atoms with Crippen molar-refractivity contribution in [3.8, 4) is 0 Å². The van der Waals surface area contributed by atoms with Crippen LogP contribution in [-0.2, 0) is 11.3 Å². The maximum atomic E-state index is 12.6. The van der Waals surface area contributed by atoms with E-state index in [0.29, 0.717) is 17.8 Å². The minimum absolute atomic E-state index is 0.0668. The van der Waals surface area contributed by atoms with E-state index >= 15 is 0 Å². The third-order valence-corrected chi connectivity index (χ3v) is 4.33. The van der Waals surface area contributed by atoms with E-state index in [-0.39, 0.29) is 18.4 Å². The fourth-order valence-corrected chi connectivity index (χ4v) is 2.79. The fourth-order valence-electron chi connectivity index (χ4n) is 2.79. The Kier molecular flexibility index (Phi) is 6.41. The molecule has 0 spiro atoms. The summed E-state index contributed by atoms with van der Waals surface area (Å²) in [6.45, 7) is 2.45.